The Balaban J connectivity index is 1.84. The molecule has 1 heterocycles. The fraction of sp³-hybridized carbons (Fsp3) is 0.400. The Morgan fingerprint density at radius 3 is 2.91 bits per heavy atom. The van der Waals surface area contributed by atoms with E-state index < -0.39 is 0 Å². The minimum Gasteiger partial charge on any atom is -0.483 e. The van der Waals surface area contributed by atoms with Crippen molar-refractivity contribution >= 4 is 34.1 Å². The largest absolute Gasteiger partial charge is 0.483 e. The lowest BCUT2D eigenvalue weighted by molar-refractivity contribution is -0.118. The molecule has 5 nitrogen and oxygen atoms in total. The van der Waals surface area contributed by atoms with Crippen LogP contribution < -0.4 is 10.1 Å². The first-order valence-corrected chi connectivity index (χ1v) is 9.00. The number of rotatable bonds is 8. The smallest absolute Gasteiger partial charge is 0.264 e. The van der Waals surface area contributed by atoms with Crippen LogP contribution in [0.25, 0.3) is 0 Å². The van der Waals surface area contributed by atoms with Crippen molar-refractivity contribution in [2.24, 2.45) is 0 Å². The second kappa shape index (κ2) is 8.75. The highest BCUT2D eigenvalue weighted by Gasteiger charge is 2.10. The van der Waals surface area contributed by atoms with E-state index in [1.54, 1.807) is 11.8 Å². The fourth-order valence-electron chi connectivity index (χ4n) is 1.74. The SMILES string of the molecule is CCCSc1nnc(NC(=O)COc2ccccc2CC)s1. The number of carbonyl (C=O) groups is 1. The second-order valence-corrected chi connectivity index (χ2v) is 6.84. The van der Waals surface area contributed by atoms with Crippen LogP contribution in [0.1, 0.15) is 25.8 Å². The monoisotopic (exact) mass is 337 g/mol. The lowest BCUT2D eigenvalue weighted by Gasteiger charge is -2.09. The van der Waals surface area contributed by atoms with E-state index in [4.69, 9.17) is 4.74 Å². The van der Waals surface area contributed by atoms with Gasteiger partial charge < -0.3 is 4.74 Å². The minimum absolute atomic E-state index is 0.0337. The summed E-state index contributed by atoms with van der Waals surface area (Å²) >= 11 is 3.03. The van der Waals surface area contributed by atoms with Gasteiger partial charge in [0.15, 0.2) is 10.9 Å². The van der Waals surface area contributed by atoms with Crippen molar-refractivity contribution in [3.63, 3.8) is 0 Å². The predicted octanol–water partition coefficient (Wildman–Crippen LogP) is 3.62. The van der Waals surface area contributed by atoms with Crippen molar-refractivity contribution in [2.45, 2.75) is 31.0 Å². The van der Waals surface area contributed by atoms with Crippen LogP contribution >= 0.6 is 23.1 Å². The number of amides is 1. The van der Waals surface area contributed by atoms with Gasteiger partial charge in [-0.2, -0.15) is 0 Å². The van der Waals surface area contributed by atoms with Gasteiger partial charge in [-0.05, 0) is 24.5 Å². The highest BCUT2D eigenvalue weighted by atomic mass is 32.2. The topological polar surface area (TPSA) is 64.1 Å². The molecule has 118 valence electrons. The molecule has 1 N–H and O–H groups in total. The lowest BCUT2D eigenvalue weighted by atomic mass is 10.1. The number of aromatic nitrogens is 2. The summed E-state index contributed by atoms with van der Waals surface area (Å²) in [6.07, 6.45) is 1.95. The third-order valence-corrected chi connectivity index (χ3v) is 4.97. The molecule has 0 aliphatic rings. The van der Waals surface area contributed by atoms with Crippen LogP contribution in [0.2, 0.25) is 0 Å². The molecule has 0 spiro atoms. The van der Waals surface area contributed by atoms with Gasteiger partial charge in [0.2, 0.25) is 5.13 Å². The molecule has 0 radical (unpaired) electrons. The molecule has 0 aliphatic carbocycles. The van der Waals surface area contributed by atoms with Gasteiger partial charge in [0.25, 0.3) is 5.91 Å². The van der Waals surface area contributed by atoms with Gasteiger partial charge in [-0.15, -0.1) is 10.2 Å². The van der Waals surface area contributed by atoms with Crippen LogP contribution in [0.15, 0.2) is 28.6 Å². The van der Waals surface area contributed by atoms with Crippen molar-refractivity contribution in [1.29, 1.82) is 0 Å². The van der Waals surface area contributed by atoms with Crippen molar-refractivity contribution < 1.29 is 9.53 Å². The molecule has 1 aromatic heterocycles. The number of anilines is 1. The van der Waals surface area contributed by atoms with E-state index in [1.165, 1.54) is 11.3 Å². The van der Waals surface area contributed by atoms with Crippen molar-refractivity contribution in [1.82, 2.24) is 10.2 Å². The highest BCUT2D eigenvalue weighted by molar-refractivity contribution is 8.01. The summed E-state index contributed by atoms with van der Waals surface area (Å²) < 4.78 is 6.44. The van der Waals surface area contributed by atoms with E-state index in [9.17, 15) is 4.79 Å². The Bertz CT molecular complexity index is 616. The molecule has 0 aliphatic heterocycles. The molecule has 22 heavy (non-hydrogen) atoms. The van der Waals surface area contributed by atoms with Crippen LogP contribution in [-0.4, -0.2) is 28.5 Å². The van der Waals surface area contributed by atoms with Gasteiger partial charge in [0.05, 0.1) is 0 Å². The predicted molar refractivity (Wildman–Crippen MR) is 90.9 cm³/mol. The number of para-hydroxylation sites is 1. The van der Waals surface area contributed by atoms with E-state index in [0.717, 1.165) is 34.2 Å². The summed E-state index contributed by atoms with van der Waals surface area (Å²) in [5.74, 6) is 1.52. The number of hydrogen-bond donors (Lipinski definition) is 1. The Labute approximate surface area is 138 Å². The molecule has 0 atom stereocenters. The van der Waals surface area contributed by atoms with Crippen LogP contribution in [0, 0.1) is 0 Å². The quantitative estimate of drug-likeness (QED) is 0.589. The second-order valence-electron chi connectivity index (χ2n) is 4.52. The zero-order valence-corrected chi connectivity index (χ0v) is 14.3. The summed E-state index contributed by atoms with van der Waals surface area (Å²) in [5, 5.41) is 11.2. The van der Waals surface area contributed by atoms with Gasteiger partial charge in [0.1, 0.15) is 5.75 Å². The van der Waals surface area contributed by atoms with Crippen LogP contribution in [0.4, 0.5) is 5.13 Å². The normalized spacial score (nSPS) is 10.5. The molecule has 7 heteroatoms. The van der Waals surface area contributed by atoms with Crippen LogP contribution in [0.5, 0.6) is 5.75 Å². The lowest BCUT2D eigenvalue weighted by Crippen LogP contribution is -2.20. The van der Waals surface area contributed by atoms with Gasteiger partial charge in [0, 0.05) is 5.75 Å². The van der Waals surface area contributed by atoms with Crippen molar-refractivity contribution in [3.05, 3.63) is 29.8 Å². The van der Waals surface area contributed by atoms with Gasteiger partial charge in [-0.25, -0.2) is 0 Å². The number of nitrogens with zero attached hydrogens (tertiary/aromatic N) is 2. The molecule has 2 rings (SSSR count). The first-order chi connectivity index (χ1) is 10.7. The number of carbonyl (C=O) groups excluding carboxylic acids is 1. The number of benzene rings is 1. The molecule has 0 bridgehead atoms. The number of aryl methyl sites for hydroxylation is 1. The van der Waals surface area contributed by atoms with E-state index in [2.05, 4.69) is 29.4 Å². The summed E-state index contributed by atoms with van der Waals surface area (Å²) in [7, 11) is 0. The molecule has 2 aromatic rings. The summed E-state index contributed by atoms with van der Waals surface area (Å²) in [6.45, 7) is 4.13. The number of nitrogens with one attached hydrogen (secondary N) is 1. The summed E-state index contributed by atoms with van der Waals surface area (Å²) in [5.41, 5.74) is 1.09. The molecule has 1 aromatic carbocycles. The van der Waals surface area contributed by atoms with E-state index in [0.29, 0.717) is 5.13 Å². The van der Waals surface area contributed by atoms with Crippen LogP contribution in [-0.2, 0) is 11.2 Å². The first kappa shape index (κ1) is 16.8. The minimum atomic E-state index is -0.228. The molecule has 0 saturated carbocycles. The van der Waals surface area contributed by atoms with Gasteiger partial charge in [-0.3, -0.25) is 10.1 Å². The Hall–Kier alpha value is -1.60. The fourth-order valence-corrected chi connectivity index (χ4v) is 3.44. The van der Waals surface area contributed by atoms with Crippen molar-refractivity contribution in [3.8, 4) is 5.75 Å². The standard InChI is InChI=1S/C15H19N3O2S2/c1-3-9-21-15-18-17-14(22-15)16-13(19)10-20-12-8-6-5-7-11(12)4-2/h5-8H,3-4,9-10H2,1-2H3,(H,16,17,19). The molecule has 0 unspecified atom stereocenters. The average Bonchev–Trinajstić information content (AvgIpc) is 2.98. The zero-order valence-electron chi connectivity index (χ0n) is 12.7. The summed E-state index contributed by atoms with van der Waals surface area (Å²) in [6, 6.07) is 7.72. The highest BCUT2D eigenvalue weighted by Crippen LogP contribution is 2.25. The molecular formula is C15H19N3O2S2. The maximum Gasteiger partial charge on any atom is 0.264 e. The number of hydrogen-bond acceptors (Lipinski definition) is 6. The summed E-state index contributed by atoms with van der Waals surface area (Å²) in [4.78, 5) is 11.9. The maximum atomic E-state index is 11.9. The number of ether oxygens (including phenoxy) is 1. The van der Waals surface area contributed by atoms with E-state index >= 15 is 0 Å². The number of thioether (sulfide) groups is 1. The van der Waals surface area contributed by atoms with Crippen molar-refractivity contribution in [2.75, 3.05) is 17.7 Å². The van der Waals surface area contributed by atoms with Crippen LogP contribution in [0.3, 0.4) is 0 Å². The molecule has 0 fully saturated rings. The molecular weight excluding hydrogens is 318 g/mol. The van der Waals surface area contributed by atoms with Gasteiger partial charge in [-0.1, -0.05) is 55.1 Å². The third kappa shape index (κ3) is 4.99. The zero-order chi connectivity index (χ0) is 15.8. The van der Waals surface area contributed by atoms with E-state index in [1.807, 2.05) is 24.3 Å². The first-order valence-electron chi connectivity index (χ1n) is 7.19. The average molecular weight is 337 g/mol. The maximum absolute atomic E-state index is 11.9. The third-order valence-electron chi connectivity index (χ3n) is 2.79. The Morgan fingerprint density at radius 1 is 1.32 bits per heavy atom. The molecule has 0 saturated heterocycles. The van der Waals surface area contributed by atoms with E-state index in [-0.39, 0.29) is 12.5 Å². The Kier molecular flexibility index (Phi) is 6.67. The van der Waals surface area contributed by atoms with Gasteiger partial charge >= 0.3 is 0 Å². The molecule has 1 amide bonds. The Morgan fingerprint density at radius 2 is 2.14 bits per heavy atom.